The number of phosphoric acid groups is 1. The normalized spacial score (nSPS) is 14.4. The first-order valence-electron chi connectivity index (χ1n) is 21.1. The topological polar surface area (TPSA) is 149 Å². The Balaban J connectivity index is 4.35. The van der Waals surface area contributed by atoms with Gasteiger partial charge in [-0.1, -0.05) is 140 Å². The predicted molar refractivity (Wildman–Crippen MR) is 219 cm³/mol. The molecule has 0 spiro atoms. The second-order valence-corrected chi connectivity index (χ2v) is 15.5. The quantitative estimate of drug-likeness (QED) is 0.0238. The highest BCUT2D eigenvalue weighted by Crippen LogP contribution is 2.43. The number of carbonyl (C=O) groups is 2. The summed E-state index contributed by atoms with van der Waals surface area (Å²) in [6.45, 7) is 2.28. The van der Waals surface area contributed by atoms with Gasteiger partial charge in [0, 0.05) is 12.8 Å². The maximum Gasteiger partial charge on any atom is 0.472 e. The van der Waals surface area contributed by atoms with Crippen LogP contribution in [0.1, 0.15) is 174 Å². The highest BCUT2D eigenvalue weighted by molar-refractivity contribution is 7.47. The molecule has 0 radical (unpaired) electrons. The Bertz CT molecular complexity index is 1040. The van der Waals surface area contributed by atoms with Crippen LogP contribution in [0.25, 0.3) is 0 Å². The molecule has 0 saturated carbocycles. The first-order valence-corrected chi connectivity index (χ1v) is 22.6. The van der Waals surface area contributed by atoms with E-state index < -0.39 is 51.8 Å². The van der Waals surface area contributed by atoms with Crippen molar-refractivity contribution in [2.45, 2.75) is 187 Å². The Morgan fingerprint density at radius 1 is 0.556 bits per heavy atom. The van der Waals surface area contributed by atoms with Crippen LogP contribution in [0.15, 0.2) is 48.6 Å². The van der Waals surface area contributed by atoms with Gasteiger partial charge >= 0.3 is 19.8 Å². The lowest BCUT2D eigenvalue weighted by atomic mass is 10.1. The summed E-state index contributed by atoms with van der Waals surface area (Å²) in [7, 11) is -4.62. The summed E-state index contributed by atoms with van der Waals surface area (Å²) >= 11 is 0. The molecule has 0 fully saturated rings. The summed E-state index contributed by atoms with van der Waals surface area (Å²) in [5.41, 5.74) is 0. The Kier molecular flexibility index (Phi) is 37.7. The molecule has 0 rings (SSSR count). The monoisotopic (exact) mass is 785 g/mol. The minimum absolute atomic E-state index is 0.171. The molecule has 1 unspecified atom stereocenters. The fourth-order valence-electron chi connectivity index (χ4n) is 5.39. The van der Waals surface area contributed by atoms with E-state index >= 15 is 0 Å². The third-order valence-corrected chi connectivity index (χ3v) is 9.66. The van der Waals surface area contributed by atoms with E-state index in [1.54, 1.807) is 0 Å². The van der Waals surface area contributed by atoms with Gasteiger partial charge in [-0.05, 0) is 70.6 Å². The van der Waals surface area contributed by atoms with Crippen molar-refractivity contribution in [1.82, 2.24) is 0 Å². The maximum absolute atomic E-state index is 12.6. The molecular formula is C43H77O10P. The van der Waals surface area contributed by atoms with E-state index in [4.69, 9.17) is 19.1 Å². The molecule has 0 aliphatic carbocycles. The molecule has 0 aromatic heterocycles. The number of aliphatic hydroxyl groups excluding tert-OH is 2. The van der Waals surface area contributed by atoms with Crippen LogP contribution in [0.2, 0.25) is 0 Å². The van der Waals surface area contributed by atoms with Crippen LogP contribution in [0.5, 0.6) is 0 Å². The summed E-state index contributed by atoms with van der Waals surface area (Å²) < 4.78 is 32.7. The predicted octanol–water partition coefficient (Wildman–Crippen LogP) is 10.9. The number of carbonyl (C=O) groups excluding carboxylic acids is 2. The van der Waals surface area contributed by atoms with Gasteiger partial charge in [-0.15, -0.1) is 0 Å². The van der Waals surface area contributed by atoms with Crippen molar-refractivity contribution in [1.29, 1.82) is 0 Å². The Hall–Kier alpha value is -2.07. The second-order valence-electron chi connectivity index (χ2n) is 14.0. The average Bonchev–Trinajstić information content (AvgIpc) is 3.16. The molecule has 0 aromatic rings. The third kappa shape index (κ3) is 38.2. The minimum Gasteiger partial charge on any atom is -0.462 e. The van der Waals surface area contributed by atoms with Gasteiger partial charge in [-0.25, -0.2) is 4.57 Å². The number of hydrogen-bond donors (Lipinski definition) is 3. The SMILES string of the molecule is CCCC/C=C/C/C=C/CCCCCCCC(=O)OC[C@H](COP(=O)(O)OC[C@@H](O)CO)OC(=O)CCCCCCCCC/C=C/C/C=C/CCCCC. The number of esters is 2. The number of ether oxygens (including phenoxy) is 2. The molecule has 0 amide bonds. The van der Waals surface area contributed by atoms with E-state index in [9.17, 15) is 24.2 Å². The number of hydrogen-bond acceptors (Lipinski definition) is 9. The zero-order valence-electron chi connectivity index (χ0n) is 33.9. The van der Waals surface area contributed by atoms with Crippen LogP contribution in [0.4, 0.5) is 0 Å². The largest absolute Gasteiger partial charge is 0.472 e. The molecule has 0 aliphatic rings. The van der Waals surface area contributed by atoms with Crippen molar-refractivity contribution in [2.24, 2.45) is 0 Å². The Morgan fingerprint density at radius 3 is 1.48 bits per heavy atom. The highest BCUT2D eigenvalue weighted by Gasteiger charge is 2.27. The van der Waals surface area contributed by atoms with E-state index in [0.717, 1.165) is 83.5 Å². The van der Waals surface area contributed by atoms with Crippen LogP contribution in [-0.2, 0) is 32.7 Å². The Morgan fingerprint density at radius 2 is 0.981 bits per heavy atom. The lowest BCUT2D eigenvalue weighted by Crippen LogP contribution is -2.29. The zero-order valence-corrected chi connectivity index (χ0v) is 34.8. The van der Waals surface area contributed by atoms with Gasteiger partial charge in [-0.3, -0.25) is 18.6 Å². The van der Waals surface area contributed by atoms with Gasteiger partial charge in [0.2, 0.25) is 0 Å². The molecule has 3 N–H and O–H groups in total. The molecule has 0 heterocycles. The maximum atomic E-state index is 12.6. The van der Waals surface area contributed by atoms with Gasteiger partial charge in [0.15, 0.2) is 6.10 Å². The summed E-state index contributed by atoms with van der Waals surface area (Å²) in [6.07, 6.45) is 40.7. The Labute approximate surface area is 328 Å². The molecule has 10 nitrogen and oxygen atoms in total. The van der Waals surface area contributed by atoms with Crippen LogP contribution in [0, 0.1) is 0 Å². The molecule has 3 atom stereocenters. The average molecular weight is 785 g/mol. The smallest absolute Gasteiger partial charge is 0.462 e. The van der Waals surface area contributed by atoms with Gasteiger partial charge in [-0.2, -0.15) is 0 Å². The number of phosphoric ester groups is 1. The zero-order chi connectivity index (χ0) is 39.8. The third-order valence-electron chi connectivity index (χ3n) is 8.71. The number of unbranched alkanes of at least 4 members (excludes halogenated alkanes) is 17. The van der Waals surface area contributed by atoms with E-state index in [1.807, 2.05) is 0 Å². The van der Waals surface area contributed by atoms with Crippen molar-refractivity contribution in [3.05, 3.63) is 48.6 Å². The van der Waals surface area contributed by atoms with Gasteiger partial charge in [0.25, 0.3) is 0 Å². The van der Waals surface area contributed by atoms with Crippen LogP contribution in [0.3, 0.4) is 0 Å². The lowest BCUT2D eigenvalue weighted by molar-refractivity contribution is -0.161. The fourth-order valence-corrected chi connectivity index (χ4v) is 6.18. The van der Waals surface area contributed by atoms with Crippen LogP contribution >= 0.6 is 7.82 Å². The van der Waals surface area contributed by atoms with Crippen molar-refractivity contribution >= 4 is 19.8 Å². The summed E-state index contributed by atoms with van der Waals surface area (Å²) in [5, 5.41) is 18.3. The first-order chi connectivity index (χ1) is 26.2. The van der Waals surface area contributed by atoms with Crippen molar-refractivity contribution < 1.29 is 47.8 Å². The number of allylic oxidation sites excluding steroid dienone is 8. The molecule has 54 heavy (non-hydrogen) atoms. The van der Waals surface area contributed by atoms with E-state index in [0.29, 0.717) is 12.8 Å². The molecule has 0 aromatic carbocycles. The molecule has 0 saturated heterocycles. The molecule has 314 valence electrons. The van der Waals surface area contributed by atoms with Gasteiger partial charge in [0.05, 0.1) is 19.8 Å². The lowest BCUT2D eigenvalue weighted by Gasteiger charge is -2.20. The number of aliphatic hydroxyl groups is 2. The van der Waals surface area contributed by atoms with Gasteiger partial charge in [0.1, 0.15) is 12.7 Å². The summed E-state index contributed by atoms with van der Waals surface area (Å²) in [4.78, 5) is 34.9. The second kappa shape index (κ2) is 39.2. The fraction of sp³-hybridized carbons (Fsp3) is 0.767. The van der Waals surface area contributed by atoms with Crippen molar-refractivity contribution in [3.8, 4) is 0 Å². The highest BCUT2D eigenvalue weighted by atomic mass is 31.2. The van der Waals surface area contributed by atoms with Crippen molar-refractivity contribution in [2.75, 3.05) is 26.4 Å². The number of rotatable bonds is 39. The van der Waals surface area contributed by atoms with Gasteiger partial charge < -0.3 is 24.6 Å². The van der Waals surface area contributed by atoms with Crippen LogP contribution in [-0.4, -0.2) is 65.7 Å². The van der Waals surface area contributed by atoms with Crippen molar-refractivity contribution in [3.63, 3.8) is 0 Å². The minimum atomic E-state index is -4.62. The van der Waals surface area contributed by atoms with E-state index in [-0.39, 0.29) is 19.4 Å². The molecule has 11 heteroatoms. The van der Waals surface area contributed by atoms with Crippen LogP contribution < -0.4 is 0 Å². The molecular weight excluding hydrogens is 707 g/mol. The molecule has 0 aliphatic heterocycles. The summed E-state index contributed by atoms with van der Waals surface area (Å²) in [5.74, 6) is -0.952. The standard InChI is InChI=1S/C43H77O10P/c1-3-5-7-9-11-13-15-17-19-20-21-23-25-27-29-31-33-35-43(47)53-41(39-52-54(48,49)51-37-40(45)36-44)38-50-42(46)34-32-30-28-26-24-22-18-16-14-12-10-8-6-4-2/h10-13,16-19,40-41,44-45H,3-9,14-15,20-39H2,1-2H3,(H,48,49)/b12-10+,13-11+,18-16+,19-17+/t40-,41+/m0/s1. The van der Waals surface area contributed by atoms with E-state index in [1.165, 1.54) is 51.4 Å². The first kappa shape index (κ1) is 51.9. The van der Waals surface area contributed by atoms with E-state index in [2.05, 4.69) is 67.0 Å². The summed E-state index contributed by atoms with van der Waals surface area (Å²) in [6, 6.07) is 0. The molecule has 0 bridgehead atoms.